The number of benzene rings is 3. The van der Waals surface area contributed by atoms with Gasteiger partial charge < -0.3 is 14.4 Å². The maximum absolute atomic E-state index is 13.5. The predicted molar refractivity (Wildman–Crippen MR) is 196 cm³/mol. The van der Waals surface area contributed by atoms with Crippen molar-refractivity contribution in [1.29, 1.82) is 0 Å². The van der Waals surface area contributed by atoms with Gasteiger partial charge in [-0.2, -0.15) is 0 Å². The number of fused-ring (bicyclic) bond motifs is 1. The molecule has 0 spiro atoms. The fraction of sp³-hybridized carbons (Fsp3) is 0.167. The van der Waals surface area contributed by atoms with Gasteiger partial charge in [-0.1, -0.05) is 96.2 Å². The summed E-state index contributed by atoms with van der Waals surface area (Å²) in [5, 5.41) is 1.81. The molecule has 0 atom stereocenters. The van der Waals surface area contributed by atoms with Crippen molar-refractivity contribution in [3.8, 4) is 11.8 Å². The molecule has 49 heavy (non-hydrogen) atoms. The molecule has 242 valence electrons. The lowest BCUT2D eigenvalue weighted by atomic mass is 9.95. The number of hydrogen-bond donors (Lipinski definition) is 0. The van der Waals surface area contributed by atoms with E-state index in [2.05, 4.69) is 56.1 Å². The molecule has 6 rings (SSSR count). The van der Waals surface area contributed by atoms with Gasteiger partial charge in [0.2, 0.25) is 0 Å². The van der Waals surface area contributed by atoms with E-state index in [1.54, 1.807) is 31.3 Å². The van der Waals surface area contributed by atoms with Crippen LogP contribution in [0.3, 0.4) is 0 Å². The van der Waals surface area contributed by atoms with Crippen molar-refractivity contribution < 1.29 is 19.1 Å². The van der Waals surface area contributed by atoms with E-state index in [1.807, 2.05) is 60.7 Å². The Labute approximate surface area is 288 Å². The van der Waals surface area contributed by atoms with E-state index >= 15 is 0 Å². The van der Waals surface area contributed by atoms with Gasteiger partial charge in [-0.3, -0.25) is 14.6 Å². The van der Waals surface area contributed by atoms with Gasteiger partial charge in [0.25, 0.3) is 5.91 Å². The summed E-state index contributed by atoms with van der Waals surface area (Å²) in [5.41, 5.74) is 7.77. The molecule has 4 aromatic rings. The number of pyridine rings is 1. The number of carbonyl (C=O) groups is 2. The molecule has 0 saturated heterocycles. The second kappa shape index (κ2) is 15.4. The minimum atomic E-state index is -0.121. The number of aldehydes is 1. The zero-order valence-corrected chi connectivity index (χ0v) is 28.0. The van der Waals surface area contributed by atoms with Crippen LogP contribution in [0.15, 0.2) is 126 Å². The van der Waals surface area contributed by atoms with Crippen LogP contribution in [-0.4, -0.2) is 50.6 Å². The molecule has 1 aromatic heterocycles. The van der Waals surface area contributed by atoms with Crippen LogP contribution < -0.4 is 15.9 Å². The first-order valence-electron chi connectivity index (χ1n) is 16.4. The molecule has 7 heteroatoms. The van der Waals surface area contributed by atoms with Crippen LogP contribution in [0.2, 0.25) is 0 Å². The average Bonchev–Trinajstić information content (AvgIpc) is 3.30. The Hall–Kier alpha value is -5.87. The van der Waals surface area contributed by atoms with Gasteiger partial charge in [-0.05, 0) is 59.0 Å². The first-order valence-corrected chi connectivity index (χ1v) is 16.4. The van der Waals surface area contributed by atoms with Crippen LogP contribution in [0.25, 0.3) is 11.3 Å². The largest absolute Gasteiger partial charge is 0.493 e. The highest BCUT2D eigenvalue weighted by molar-refractivity contribution is 6.32. The Morgan fingerprint density at radius 2 is 1.65 bits per heavy atom. The number of likely N-dealkylation sites (N-methyl/N-ethyl adjacent to an activating group) is 1. The Bertz CT molecular complexity index is 2170. The second-order valence-electron chi connectivity index (χ2n) is 12.3. The van der Waals surface area contributed by atoms with Crippen LogP contribution in [0.4, 0.5) is 0 Å². The van der Waals surface area contributed by atoms with Gasteiger partial charge in [-0.25, -0.2) is 0 Å². The van der Waals surface area contributed by atoms with Crippen molar-refractivity contribution in [2.75, 3.05) is 20.7 Å². The molecule has 1 amide bonds. The molecule has 2 aliphatic rings. The lowest BCUT2D eigenvalue weighted by Crippen LogP contribution is -2.32. The van der Waals surface area contributed by atoms with E-state index in [1.165, 1.54) is 5.46 Å². The maximum Gasteiger partial charge on any atom is 0.256 e. The fourth-order valence-corrected chi connectivity index (χ4v) is 5.75. The monoisotopic (exact) mass is 644 g/mol. The first-order chi connectivity index (χ1) is 23.9. The van der Waals surface area contributed by atoms with Gasteiger partial charge in [0.1, 0.15) is 26.8 Å². The number of aromatic nitrogens is 1. The third kappa shape index (κ3) is 8.00. The maximum atomic E-state index is 13.5. The summed E-state index contributed by atoms with van der Waals surface area (Å²) in [6.45, 7) is 0.901. The standard InChI is InChI=1S/C42H37BN2O4/c1-45(2)42(47)39-23-22-37(40-24-16-29(25-44-40)11-17-32-7-3-4-8-33(32)26-46)36-9-5-6-10-38(36)41(39)49-28-31-14-20-35(21-15-31)48-27-30-12-18-34(43)19-13-30/h3-10,12-14,16,18-20,23-26H,15,21-22,27-28,43H2,1-2H3. The molecule has 0 radical (unpaired) electrons. The summed E-state index contributed by atoms with van der Waals surface area (Å²) < 4.78 is 12.6. The van der Waals surface area contributed by atoms with E-state index < -0.39 is 0 Å². The summed E-state index contributed by atoms with van der Waals surface area (Å²) >= 11 is 0. The third-order valence-electron chi connectivity index (χ3n) is 8.53. The number of allylic oxidation sites excluding steroid dienone is 4. The average molecular weight is 645 g/mol. The quantitative estimate of drug-likeness (QED) is 0.156. The zero-order valence-electron chi connectivity index (χ0n) is 28.0. The summed E-state index contributed by atoms with van der Waals surface area (Å²) in [6.07, 6.45) is 10.7. The van der Waals surface area contributed by atoms with Crippen molar-refractivity contribution in [2.45, 2.75) is 25.9 Å². The molecule has 3 aromatic carbocycles. The molecule has 0 saturated carbocycles. The van der Waals surface area contributed by atoms with Gasteiger partial charge >= 0.3 is 0 Å². The third-order valence-corrected chi connectivity index (χ3v) is 8.53. The second-order valence-corrected chi connectivity index (χ2v) is 12.3. The van der Waals surface area contributed by atoms with E-state index in [0.717, 1.165) is 63.3 Å². The number of nitrogens with zero attached hydrogens (tertiary/aromatic N) is 2. The lowest BCUT2D eigenvalue weighted by molar-refractivity contribution is -0.124. The minimum absolute atomic E-state index is 0.121. The number of hydrogen-bond acceptors (Lipinski definition) is 5. The molecule has 0 fully saturated rings. The number of ether oxygens (including phenoxy) is 2. The summed E-state index contributed by atoms with van der Waals surface area (Å²) in [6, 6.07) is 27.5. The van der Waals surface area contributed by atoms with Crippen molar-refractivity contribution >= 4 is 36.8 Å². The van der Waals surface area contributed by atoms with Gasteiger partial charge in [0.15, 0.2) is 6.29 Å². The molecular formula is C42H37BN2O4. The van der Waals surface area contributed by atoms with Crippen LogP contribution in [0.5, 0.6) is 0 Å². The van der Waals surface area contributed by atoms with E-state index in [-0.39, 0.29) is 5.91 Å². The SMILES string of the molecule is Bc1ccc(COC2=CC=C(COC3=c4ccccc4=C(c4ccc(C#Cc5ccccc5C=O)cn4)CC=C3C(=O)N(C)C)CC2)cc1. The Morgan fingerprint density at radius 3 is 2.37 bits per heavy atom. The first kappa shape index (κ1) is 33.1. The molecule has 1 heterocycles. The zero-order chi connectivity index (χ0) is 34.2. The highest BCUT2D eigenvalue weighted by Gasteiger charge is 2.23. The highest BCUT2D eigenvalue weighted by atomic mass is 16.5. The van der Waals surface area contributed by atoms with Crippen molar-refractivity contribution in [2.24, 2.45) is 0 Å². The van der Waals surface area contributed by atoms with Crippen LogP contribution >= 0.6 is 0 Å². The van der Waals surface area contributed by atoms with E-state index in [9.17, 15) is 9.59 Å². The number of amides is 1. The van der Waals surface area contributed by atoms with Crippen molar-refractivity contribution in [1.82, 2.24) is 9.88 Å². The summed E-state index contributed by atoms with van der Waals surface area (Å²) in [7, 11) is 5.59. The van der Waals surface area contributed by atoms with E-state index in [4.69, 9.17) is 14.5 Å². The molecule has 6 nitrogen and oxygen atoms in total. The van der Waals surface area contributed by atoms with Crippen LogP contribution in [-0.2, 0) is 20.9 Å². The number of rotatable bonds is 9. The Kier molecular flexibility index (Phi) is 10.4. The molecule has 0 N–H and O–H groups in total. The van der Waals surface area contributed by atoms with Crippen LogP contribution in [0, 0.1) is 11.8 Å². The molecular weight excluding hydrogens is 607 g/mol. The van der Waals surface area contributed by atoms with Gasteiger partial charge in [-0.15, -0.1) is 0 Å². The van der Waals surface area contributed by atoms with Crippen molar-refractivity contribution in [3.05, 3.63) is 165 Å². The summed E-state index contributed by atoms with van der Waals surface area (Å²) in [5.74, 6) is 7.60. The normalized spacial score (nSPS) is 13.8. The predicted octanol–water partition coefficient (Wildman–Crippen LogP) is 4.12. The Balaban J connectivity index is 1.28. The fourth-order valence-electron chi connectivity index (χ4n) is 5.75. The van der Waals surface area contributed by atoms with Gasteiger partial charge in [0, 0.05) is 48.6 Å². The van der Waals surface area contributed by atoms with Gasteiger partial charge in [0.05, 0.1) is 17.0 Å². The minimum Gasteiger partial charge on any atom is -0.493 e. The highest BCUT2D eigenvalue weighted by Crippen LogP contribution is 2.25. The topological polar surface area (TPSA) is 68.7 Å². The molecule has 2 aliphatic carbocycles. The van der Waals surface area contributed by atoms with Crippen molar-refractivity contribution in [3.63, 3.8) is 0 Å². The molecule has 0 unspecified atom stereocenters. The Morgan fingerprint density at radius 1 is 0.878 bits per heavy atom. The van der Waals surface area contributed by atoms with Crippen LogP contribution in [0.1, 0.15) is 52.0 Å². The molecule has 0 aliphatic heterocycles. The molecule has 0 bridgehead atoms. The van der Waals surface area contributed by atoms with E-state index in [0.29, 0.717) is 42.1 Å². The lowest BCUT2D eigenvalue weighted by Gasteiger charge is -2.20. The summed E-state index contributed by atoms with van der Waals surface area (Å²) in [4.78, 5) is 31.3. The number of carbonyl (C=O) groups excluding carboxylic acids is 2. The smallest absolute Gasteiger partial charge is 0.256 e.